The zero-order valence-electron chi connectivity index (χ0n) is 18.4. The van der Waals surface area contributed by atoms with Crippen molar-refractivity contribution >= 4 is 34.8 Å². The van der Waals surface area contributed by atoms with Crippen LogP contribution in [0.3, 0.4) is 0 Å². The summed E-state index contributed by atoms with van der Waals surface area (Å²) in [6, 6.07) is 10.2. The number of carbonyl (C=O) groups is 2. The predicted molar refractivity (Wildman–Crippen MR) is 124 cm³/mol. The van der Waals surface area contributed by atoms with Gasteiger partial charge in [-0.2, -0.15) is 0 Å². The van der Waals surface area contributed by atoms with Gasteiger partial charge in [-0.25, -0.2) is 4.39 Å². The van der Waals surface area contributed by atoms with Gasteiger partial charge in [-0.3, -0.25) is 19.4 Å². The van der Waals surface area contributed by atoms with Gasteiger partial charge in [-0.05, 0) is 50.2 Å². The molecule has 1 aliphatic heterocycles. The van der Waals surface area contributed by atoms with E-state index >= 15 is 0 Å². The number of piperazine rings is 1. The van der Waals surface area contributed by atoms with E-state index in [1.165, 1.54) is 19.2 Å². The van der Waals surface area contributed by atoms with Crippen molar-refractivity contribution < 1.29 is 18.7 Å². The summed E-state index contributed by atoms with van der Waals surface area (Å²) in [7, 11) is 1.53. The summed E-state index contributed by atoms with van der Waals surface area (Å²) in [4.78, 5) is 29.4. The fourth-order valence-electron chi connectivity index (χ4n) is 3.65. The van der Waals surface area contributed by atoms with Gasteiger partial charge in [0.05, 0.1) is 24.2 Å². The molecule has 2 N–H and O–H groups in total. The number of amides is 2. The van der Waals surface area contributed by atoms with Crippen LogP contribution in [0.2, 0.25) is 5.02 Å². The molecule has 1 fully saturated rings. The lowest BCUT2D eigenvalue weighted by Gasteiger charge is -2.39. The molecule has 1 aliphatic rings. The summed E-state index contributed by atoms with van der Waals surface area (Å²) in [5.74, 6) is -0.166. The number of methoxy groups -OCH3 is 1. The molecule has 0 radical (unpaired) electrons. The molecule has 1 heterocycles. The number of rotatable bonds is 7. The third-order valence-electron chi connectivity index (χ3n) is 5.71. The van der Waals surface area contributed by atoms with Crippen molar-refractivity contribution in [3.05, 3.63) is 53.3 Å². The molecule has 0 spiro atoms. The number of ether oxygens (including phenoxy) is 1. The highest BCUT2D eigenvalue weighted by atomic mass is 35.5. The second-order valence-electron chi connectivity index (χ2n) is 7.76. The molecule has 0 saturated carbocycles. The van der Waals surface area contributed by atoms with Crippen molar-refractivity contribution in [2.24, 2.45) is 0 Å². The van der Waals surface area contributed by atoms with E-state index in [9.17, 15) is 14.0 Å². The Bertz CT molecular complexity index is 966. The summed E-state index contributed by atoms with van der Waals surface area (Å²) in [5, 5.41) is 6.07. The highest BCUT2D eigenvalue weighted by Crippen LogP contribution is 2.27. The largest absolute Gasteiger partial charge is 0.495 e. The van der Waals surface area contributed by atoms with Crippen LogP contribution in [0.25, 0.3) is 0 Å². The summed E-state index contributed by atoms with van der Waals surface area (Å²) in [6.07, 6.45) is 0. The molecule has 9 heteroatoms. The normalized spacial score (nSPS) is 16.8. The van der Waals surface area contributed by atoms with Crippen molar-refractivity contribution in [3.8, 4) is 5.75 Å². The first-order valence-corrected chi connectivity index (χ1v) is 10.8. The Morgan fingerprint density at radius 2 is 1.47 bits per heavy atom. The minimum atomic E-state index is -0.395. The molecule has 2 atom stereocenters. The Balaban J connectivity index is 1.50. The highest BCUT2D eigenvalue weighted by Gasteiger charge is 2.29. The maximum absolute atomic E-state index is 13.3. The van der Waals surface area contributed by atoms with E-state index in [4.69, 9.17) is 16.3 Å². The molecule has 0 aromatic heterocycles. The Labute approximate surface area is 192 Å². The van der Waals surface area contributed by atoms with E-state index in [1.54, 1.807) is 30.3 Å². The number of halogens is 2. The van der Waals surface area contributed by atoms with E-state index in [0.717, 1.165) is 0 Å². The Hall–Kier alpha value is -2.68. The van der Waals surface area contributed by atoms with Gasteiger partial charge in [0.25, 0.3) is 0 Å². The molecule has 32 heavy (non-hydrogen) atoms. The van der Waals surface area contributed by atoms with Crippen molar-refractivity contribution in [1.82, 2.24) is 9.80 Å². The van der Waals surface area contributed by atoms with Gasteiger partial charge >= 0.3 is 0 Å². The fraction of sp³-hybridized carbons (Fsp3) is 0.391. The van der Waals surface area contributed by atoms with Gasteiger partial charge in [0.1, 0.15) is 11.6 Å². The van der Waals surface area contributed by atoms with Crippen LogP contribution in [0, 0.1) is 5.82 Å². The lowest BCUT2D eigenvalue weighted by atomic mass is 10.1. The lowest BCUT2D eigenvalue weighted by molar-refractivity contribution is -0.124. The monoisotopic (exact) mass is 462 g/mol. The number of nitrogens with one attached hydrogen (secondary N) is 2. The molecule has 0 bridgehead atoms. The van der Waals surface area contributed by atoms with Gasteiger partial charge in [-0.1, -0.05) is 17.7 Å². The van der Waals surface area contributed by atoms with Crippen LogP contribution in [0.15, 0.2) is 42.5 Å². The van der Waals surface area contributed by atoms with Gasteiger partial charge in [0, 0.05) is 37.6 Å². The smallest absolute Gasteiger partial charge is 0.241 e. The standard InChI is InChI=1S/C23H28ClFN4O3/c1-15(22(30)26-18-6-4-5-17(25)13-18)28-9-11-29(12-10-28)16(2)23(31)27-19-7-8-21(32-3)20(24)14-19/h4-8,13-16H,9-12H2,1-3H3,(H,26,30)(H,27,31). The molecule has 2 aromatic carbocycles. The third-order valence-corrected chi connectivity index (χ3v) is 6.01. The molecule has 3 rings (SSSR count). The Morgan fingerprint density at radius 1 is 0.938 bits per heavy atom. The first kappa shape index (κ1) is 24.0. The second-order valence-corrected chi connectivity index (χ2v) is 8.17. The van der Waals surface area contributed by atoms with Crippen LogP contribution in [-0.2, 0) is 9.59 Å². The Morgan fingerprint density at radius 3 is 1.94 bits per heavy atom. The number of nitrogens with zero attached hydrogens (tertiary/aromatic N) is 2. The predicted octanol–water partition coefficient (Wildman–Crippen LogP) is 3.46. The molecule has 7 nitrogen and oxygen atoms in total. The molecule has 2 unspecified atom stereocenters. The van der Waals surface area contributed by atoms with Gasteiger partial charge in [0.2, 0.25) is 11.8 Å². The SMILES string of the molecule is COc1ccc(NC(=O)C(C)N2CCN(C(C)C(=O)Nc3cccc(F)c3)CC2)cc1Cl. The molecule has 2 aromatic rings. The number of benzene rings is 2. The molecule has 0 aliphatic carbocycles. The molecular weight excluding hydrogens is 435 g/mol. The summed E-state index contributed by atoms with van der Waals surface area (Å²) < 4.78 is 18.5. The average molecular weight is 463 g/mol. The van der Waals surface area contributed by atoms with Crippen LogP contribution in [0.5, 0.6) is 5.75 Å². The molecule has 1 saturated heterocycles. The minimum Gasteiger partial charge on any atom is -0.495 e. The van der Waals surface area contributed by atoms with E-state index in [0.29, 0.717) is 48.3 Å². The van der Waals surface area contributed by atoms with E-state index in [-0.39, 0.29) is 23.9 Å². The summed E-state index contributed by atoms with van der Waals surface area (Å²) >= 11 is 6.13. The van der Waals surface area contributed by atoms with Crippen LogP contribution >= 0.6 is 11.6 Å². The van der Waals surface area contributed by atoms with Gasteiger partial charge in [0.15, 0.2) is 0 Å². The van der Waals surface area contributed by atoms with Crippen molar-refractivity contribution in [3.63, 3.8) is 0 Å². The first-order chi connectivity index (χ1) is 15.3. The lowest BCUT2D eigenvalue weighted by Crippen LogP contribution is -2.56. The zero-order chi connectivity index (χ0) is 23.3. The number of hydrogen-bond donors (Lipinski definition) is 2. The summed E-state index contributed by atoms with van der Waals surface area (Å²) in [6.45, 7) is 6.27. The van der Waals surface area contributed by atoms with Crippen LogP contribution in [0.4, 0.5) is 15.8 Å². The Kier molecular flexibility index (Phi) is 8.06. The number of carbonyl (C=O) groups excluding carboxylic acids is 2. The summed E-state index contributed by atoms with van der Waals surface area (Å²) in [5.41, 5.74) is 1.04. The maximum atomic E-state index is 13.3. The van der Waals surface area contributed by atoms with E-state index < -0.39 is 5.82 Å². The number of hydrogen-bond acceptors (Lipinski definition) is 5. The molecule has 2 amide bonds. The minimum absolute atomic E-state index is 0.128. The number of anilines is 2. The quantitative estimate of drug-likeness (QED) is 0.659. The third kappa shape index (κ3) is 5.97. The van der Waals surface area contributed by atoms with Gasteiger partial charge < -0.3 is 15.4 Å². The average Bonchev–Trinajstić information content (AvgIpc) is 2.78. The van der Waals surface area contributed by atoms with Crippen LogP contribution in [0.1, 0.15) is 13.8 Å². The zero-order valence-corrected chi connectivity index (χ0v) is 19.2. The molecule has 172 valence electrons. The topological polar surface area (TPSA) is 73.9 Å². The van der Waals surface area contributed by atoms with E-state index in [1.807, 2.05) is 13.8 Å². The van der Waals surface area contributed by atoms with E-state index in [2.05, 4.69) is 20.4 Å². The van der Waals surface area contributed by atoms with Crippen LogP contribution in [-0.4, -0.2) is 67.0 Å². The maximum Gasteiger partial charge on any atom is 0.241 e. The highest BCUT2D eigenvalue weighted by molar-refractivity contribution is 6.32. The van der Waals surface area contributed by atoms with Crippen molar-refractivity contribution in [2.45, 2.75) is 25.9 Å². The van der Waals surface area contributed by atoms with Gasteiger partial charge in [-0.15, -0.1) is 0 Å². The first-order valence-electron chi connectivity index (χ1n) is 10.5. The second kappa shape index (κ2) is 10.8. The van der Waals surface area contributed by atoms with Crippen molar-refractivity contribution in [2.75, 3.05) is 43.9 Å². The molecular formula is C23H28ClFN4O3. The fourth-order valence-corrected chi connectivity index (χ4v) is 3.91. The van der Waals surface area contributed by atoms with Crippen molar-refractivity contribution in [1.29, 1.82) is 0 Å². The van der Waals surface area contributed by atoms with Crippen LogP contribution < -0.4 is 15.4 Å².